The molecule has 1 aromatic rings. The van der Waals surface area contributed by atoms with E-state index in [0.29, 0.717) is 25.1 Å². The van der Waals surface area contributed by atoms with Crippen LogP contribution in [0.1, 0.15) is 18.5 Å². The molecule has 1 N–H and O–H groups in total. The monoisotopic (exact) mass is 247 g/mol. The summed E-state index contributed by atoms with van der Waals surface area (Å²) in [5.74, 6) is -0.0648. The SMILES string of the molecule is Cc1ccc(NC(=O)C2CCC(=O)N(C)C2)cn1. The van der Waals surface area contributed by atoms with Crippen molar-refractivity contribution in [1.82, 2.24) is 9.88 Å². The molecule has 2 heterocycles. The number of aryl methyl sites for hydroxylation is 1. The van der Waals surface area contributed by atoms with Crippen LogP contribution < -0.4 is 5.32 Å². The summed E-state index contributed by atoms with van der Waals surface area (Å²) in [6.07, 6.45) is 2.71. The zero-order valence-electron chi connectivity index (χ0n) is 10.6. The van der Waals surface area contributed by atoms with Gasteiger partial charge in [0.15, 0.2) is 0 Å². The number of carbonyl (C=O) groups is 2. The number of carbonyl (C=O) groups excluding carboxylic acids is 2. The van der Waals surface area contributed by atoms with Crippen LogP contribution in [0, 0.1) is 12.8 Å². The molecule has 1 aromatic heterocycles. The minimum absolute atomic E-state index is 0.0417. The third-order valence-corrected chi connectivity index (χ3v) is 3.18. The number of likely N-dealkylation sites (tertiary alicyclic amines) is 1. The highest BCUT2D eigenvalue weighted by molar-refractivity contribution is 5.93. The fourth-order valence-electron chi connectivity index (χ4n) is 2.01. The maximum Gasteiger partial charge on any atom is 0.229 e. The molecule has 0 spiro atoms. The summed E-state index contributed by atoms with van der Waals surface area (Å²) >= 11 is 0. The number of nitrogens with zero attached hydrogens (tertiary/aromatic N) is 2. The molecule has 0 aromatic carbocycles. The summed E-state index contributed by atoms with van der Waals surface area (Å²) in [4.78, 5) is 29.1. The van der Waals surface area contributed by atoms with Crippen molar-refractivity contribution in [2.24, 2.45) is 5.92 Å². The third-order valence-electron chi connectivity index (χ3n) is 3.18. The fourth-order valence-corrected chi connectivity index (χ4v) is 2.01. The Morgan fingerprint density at radius 1 is 1.50 bits per heavy atom. The molecule has 1 aliphatic rings. The summed E-state index contributed by atoms with van der Waals surface area (Å²) < 4.78 is 0. The Morgan fingerprint density at radius 3 is 2.89 bits per heavy atom. The Morgan fingerprint density at radius 2 is 2.28 bits per heavy atom. The highest BCUT2D eigenvalue weighted by Crippen LogP contribution is 2.18. The number of rotatable bonds is 2. The van der Waals surface area contributed by atoms with Gasteiger partial charge in [-0.25, -0.2) is 0 Å². The zero-order chi connectivity index (χ0) is 13.1. The van der Waals surface area contributed by atoms with Crippen molar-refractivity contribution >= 4 is 17.5 Å². The predicted molar refractivity (Wildman–Crippen MR) is 68.0 cm³/mol. The van der Waals surface area contributed by atoms with Crippen LogP contribution in [-0.4, -0.2) is 35.3 Å². The summed E-state index contributed by atoms with van der Waals surface area (Å²) in [6, 6.07) is 3.68. The van der Waals surface area contributed by atoms with Gasteiger partial charge < -0.3 is 10.2 Å². The van der Waals surface area contributed by atoms with E-state index in [9.17, 15) is 9.59 Å². The van der Waals surface area contributed by atoms with Crippen molar-refractivity contribution in [3.63, 3.8) is 0 Å². The standard InChI is InChI=1S/C13H17N3O2/c1-9-3-5-11(7-14-9)15-13(18)10-4-6-12(17)16(2)8-10/h3,5,7,10H,4,6,8H2,1-2H3,(H,15,18). The van der Waals surface area contributed by atoms with Crippen LogP contribution in [0.4, 0.5) is 5.69 Å². The van der Waals surface area contributed by atoms with Gasteiger partial charge in [-0.1, -0.05) is 0 Å². The second-order valence-corrected chi connectivity index (χ2v) is 4.69. The lowest BCUT2D eigenvalue weighted by Gasteiger charge is -2.28. The quantitative estimate of drug-likeness (QED) is 0.854. The van der Waals surface area contributed by atoms with Gasteiger partial charge >= 0.3 is 0 Å². The molecule has 1 aliphatic heterocycles. The van der Waals surface area contributed by atoms with Crippen LogP contribution >= 0.6 is 0 Å². The first-order valence-corrected chi connectivity index (χ1v) is 6.04. The Hall–Kier alpha value is -1.91. The van der Waals surface area contributed by atoms with E-state index >= 15 is 0 Å². The second kappa shape index (κ2) is 5.16. The molecular formula is C13H17N3O2. The summed E-state index contributed by atoms with van der Waals surface area (Å²) in [5, 5.41) is 2.83. The van der Waals surface area contributed by atoms with Crippen molar-refractivity contribution in [2.75, 3.05) is 18.9 Å². The lowest BCUT2D eigenvalue weighted by Crippen LogP contribution is -2.41. The Balaban J connectivity index is 1.96. The molecule has 2 amide bonds. The van der Waals surface area contributed by atoms with Gasteiger partial charge in [0.2, 0.25) is 11.8 Å². The van der Waals surface area contributed by atoms with E-state index in [-0.39, 0.29) is 17.7 Å². The first-order valence-electron chi connectivity index (χ1n) is 6.04. The minimum atomic E-state index is -0.131. The van der Waals surface area contributed by atoms with Crippen LogP contribution in [0.5, 0.6) is 0 Å². The van der Waals surface area contributed by atoms with Gasteiger partial charge in [0.05, 0.1) is 17.8 Å². The summed E-state index contributed by atoms with van der Waals surface area (Å²) in [6.45, 7) is 2.39. The number of hydrogen-bond donors (Lipinski definition) is 1. The number of pyridine rings is 1. The average Bonchev–Trinajstić information content (AvgIpc) is 2.35. The maximum absolute atomic E-state index is 12.0. The molecule has 0 bridgehead atoms. The molecule has 0 radical (unpaired) electrons. The number of anilines is 1. The Bertz CT molecular complexity index is 456. The Kier molecular flexibility index (Phi) is 3.60. The molecule has 2 rings (SSSR count). The van der Waals surface area contributed by atoms with Gasteiger partial charge in [0.1, 0.15) is 0 Å². The number of hydrogen-bond acceptors (Lipinski definition) is 3. The van der Waals surface area contributed by atoms with Gasteiger partial charge in [0.25, 0.3) is 0 Å². The van der Waals surface area contributed by atoms with Crippen molar-refractivity contribution in [3.8, 4) is 0 Å². The summed E-state index contributed by atoms with van der Waals surface area (Å²) in [7, 11) is 1.73. The molecule has 5 nitrogen and oxygen atoms in total. The number of piperidine rings is 1. The molecule has 1 fully saturated rings. The van der Waals surface area contributed by atoms with E-state index in [4.69, 9.17) is 0 Å². The minimum Gasteiger partial charge on any atom is -0.345 e. The van der Waals surface area contributed by atoms with Crippen LogP contribution in [-0.2, 0) is 9.59 Å². The average molecular weight is 247 g/mol. The van der Waals surface area contributed by atoms with E-state index in [0.717, 1.165) is 5.69 Å². The van der Waals surface area contributed by atoms with E-state index in [1.54, 1.807) is 18.1 Å². The van der Waals surface area contributed by atoms with E-state index in [1.165, 1.54) is 0 Å². The maximum atomic E-state index is 12.0. The fraction of sp³-hybridized carbons (Fsp3) is 0.462. The van der Waals surface area contributed by atoms with Crippen molar-refractivity contribution in [3.05, 3.63) is 24.0 Å². The van der Waals surface area contributed by atoms with Crippen LogP contribution in [0.2, 0.25) is 0 Å². The van der Waals surface area contributed by atoms with Crippen LogP contribution in [0.15, 0.2) is 18.3 Å². The predicted octanol–water partition coefficient (Wildman–Crippen LogP) is 1.20. The molecule has 5 heteroatoms. The van der Waals surface area contributed by atoms with E-state index < -0.39 is 0 Å². The van der Waals surface area contributed by atoms with Crippen LogP contribution in [0.25, 0.3) is 0 Å². The molecule has 0 saturated carbocycles. The van der Waals surface area contributed by atoms with E-state index in [1.807, 2.05) is 19.1 Å². The molecule has 1 atom stereocenters. The topological polar surface area (TPSA) is 62.3 Å². The Labute approximate surface area is 106 Å². The van der Waals surface area contributed by atoms with Gasteiger partial charge in [-0.15, -0.1) is 0 Å². The van der Waals surface area contributed by atoms with Gasteiger partial charge in [-0.05, 0) is 25.5 Å². The highest BCUT2D eigenvalue weighted by Gasteiger charge is 2.28. The normalized spacial score (nSPS) is 19.8. The third kappa shape index (κ3) is 2.85. The summed E-state index contributed by atoms with van der Waals surface area (Å²) in [5.41, 5.74) is 1.61. The smallest absolute Gasteiger partial charge is 0.229 e. The van der Waals surface area contributed by atoms with Gasteiger partial charge in [-0.2, -0.15) is 0 Å². The van der Waals surface area contributed by atoms with Crippen molar-refractivity contribution < 1.29 is 9.59 Å². The number of amides is 2. The first kappa shape index (κ1) is 12.5. The molecule has 18 heavy (non-hydrogen) atoms. The molecule has 0 aliphatic carbocycles. The molecule has 96 valence electrons. The van der Waals surface area contributed by atoms with E-state index in [2.05, 4.69) is 10.3 Å². The van der Waals surface area contributed by atoms with Crippen LogP contribution in [0.3, 0.4) is 0 Å². The van der Waals surface area contributed by atoms with Crippen molar-refractivity contribution in [1.29, 1.82) is 0 Å². The molecular weight excluding hydrogens is 230 g/mol. The number of aromatic nitrogens is 1. The lowest BCUT2D eigenvalue weighted by atomic mass is 9.97. The molecule has 1 unspecified atom stereocenters. The molecule has 1 saturated heterocycles. The first-order chi connectivity index (χ1) is 8.56. The lowest BCUT2D eigenvalue weighted by molar-refractivity contribution is -0.135. The second-order valence-electron chi connectivity index (χ2n) is 4.69. The zero-order valence-corrected chi connectivity index (χ0v) is 10.6. The largest absolute Gasteiger partial charge is 0.345 e. The number of nitrogens with one attached hydrogen (secondary N) is 1. The van der Waals surface area contributed by atoms with Gasteiger partial charge in [0, 0.05) is 25.7 Å². The van der Waals surface area contributed by atoms with Gasteiger partial charge in [-0.3, -0.25) is 14.6 Å². The van der Waals surface area contributed by atoms with Crippen molar-refractivity contribution in [2.45, 2.75) is 19.8 Å². The highest BCUT2D eigenvalue weighted by atomic mass is 16.2.